The second-order valence-electron chi connectivity index (χ2n) is 7.33. The van der Waals surface area contributed by atoms with E-state index in [0.29, 0.717) is 18.1 Å². The Labute approximate surface area is 177 Å². The zero-order chi connectivity index (χ0) is 23.0. The molecule has 0 fully saturated rings. The number of ether oxygens (including phenoxy) is 1. The summed E-state index contributed by atoms with van der Waals surface area (Å²) in [5.41, 5.74) is -0.224. The average Bonchev–Trinajstić information content (AvgIpc) is 2.68. The predicted octanol–water partition coefficient (Wildman–Crippen LogP) is 5.54. The van der Waals surface area contributed by atoms with Gasteiger partial charge in [-0.2, -0.15) is 14.6 Å². The Morgan fingerprint density at radius 2 is 1.63 bits per heavy atom. The minimum Gasteiger partial charge on any atom is -0.447 e. The molecule has 0 aliphatic heterocycles. The van der Waals surface area contributed by atoms with Gasteiger partial charge in [0.25, 0.3) is 0 Å². The van der Waals surface area contributed by atoms with Gasteiger partial charge in [-0.1, -0.05) is 51.3 Å². The van der Waals surface area contributed by atoms with E-state index >= 15 is 0 Å². The predicted molar refractivity (Wildman–Crippen MR) is 108 cm³/mol. The molecule has 0 aliphatic rings. The lowest BCUT2D eigenvalue weighted by Gasteiger charge is -2.17. The Morgan fingerprint density at radius 1 is 1.00 bits per heavy atom. The normalized spacial score (nSPS) is 11.4. The molecule has 0 radical (unpaired) electrons. The standard InChI is InChI=1S/C15H22O3.C6H10O6/c1-3-5-9-13(4-2)12-17-18-15(16)14-10-7-6-8-11-14;1-6(2,3)10-5(9)12-11-4(7)8/h6-8,10-11,13H,3-5,9,12H2,1-2H3;1-3H3,(H,7,8). The molecule has 1 atom stereocenters. The second kappa shape index (κ2) is 15.1. The van der Waals surface area contributed by atoms with Crippen molar-refractivity contribution in [1.82, 2.24) is 0 Å². The van der Waals surface area contributed by atoms with E-state index < -0.39 is 23.9 Å². The Hall–Kier alpha value is -2.81. The summed E-state index contributed by atoms with van der Waals surface area (Å²) in [5, 5.41) is 7.91. The molecule has 0 saturated heterocycles. The lowest BCUT2D eigenvalue weighted by atomic mass is 10.0. The maximum Gasteiger partial charge on any atom is 0.550 e. The maximum atomic E-state index is 11.6. The molecule has 1 aromatic rings. The van der Waals surface area contributed by atoms with Crippen molar-refractivity contribution in [2.75, 3.05) is 6.61 Å². The van der Waals surface area contributed by atoms with Crippen LogP contribution in [0.5, 0.6) is 0 Å². The smallest absolute Gasteiger partial charge is 0.447 e. The van der Waals surface area contributed by atoms with Gasteiger partial charge in [0, 0.05) is 0 Å². The summed E-state index contributed by atoms with van der Waals surface area (Å²) in [6.45, 7) is 9.60. The van der Waals surface area contributed by atoms with Gasteiger partial charge >= 0.3 is 18.3 Å². The van der Waals surface area contributed by atoms with Gasteiger partial charge in [-0.25, -0.2) is 14.5 Å². The molecule has 0 aliphatic carbocycles. The van der Waals surface area contributed by atoms with Gasteiger partial charge in [0.1, 0.15) is 5.60 Å². The van der Waals surface area contributed by atoms with E-state index in [4.69, 9.17) is 14.9 Å². The van der Waals surface area contributed by atoms with Gasteiger partial charge in [-0.15, -0.1) is 0 Å². The number of unbranched alkanes of at least 4 members (excludes halogenated alkanes) is 1. The summed E-state index contributed by atoms with van der Waals surface area (Å²) < 4.78 is 4.54. The summed E-state index contributed by atoms with van der Waals surface area (Å²) in [7, 11) is 0. The molecule has 1 unspecified atom stereocenters. The summed E-state index contributed by atoms with van der Waals surface area (Å²) >= 11 is 0. The van der Waals surface area contributed by atoms with Crippen LogP contribution in [0.4, 0.5) is 9.59 Å². The number of carbonyl (C=O) groups is 3. The van der Waals surface area contributed by atoms with E-state index in [0.717, 1.165) is 12.8 Å². The van der Waals surface area contributed by atoms with Crippen molar-refractivity contribution in [3.8, 4) is 0 Å². The average molecular weight is 428 g/mol. The van der Waals surface area contributed by atoms with E-state index in [2.05, 4.69) is 28.4 Å². The van der Waals surface area contributed by atoms with Crippen molar-refractivity contribution in [3.63, 3.8) is 0 Å². The van der Waals surface area contributed by atoms with Crippen LogP contribution in [-0.2, 0) is 24.3 Å². The molecule has 1 N–H and O–H groups in total. The van der Waals surface area contributed by atoms with Crippen molar-refractivity contribution < 1.29 is 43.8 Å². The summed E-state index contributed by atoms with van der Waals surface area (Å²) in [6.07, 6.45) is 1.64. The van der Waals surface area contributed by atoms with Crippen LogP contribution in [0.1, 0.15) is 70.7 Å². The fourth-order valence-corrected chi connectivity index (χ4v) is 2.04. The first-order valence-electron chi connectivity index (χ1n) is 9.78. The monoisotopic (exact) mass is 428 g/mol. The van der Waals surface area contributed by atoms with Gasteiger partial charge < -0.3 is 9.84 Å². The van der Waals surface area contributed by atoms with Gasteiger partial charge in [-0.3, -0.25) is 4.89 Å². The first-order valence-corrected chi connectivity index (χ1v) is 9.78. The molecule has 1 aromatic carbocycles. The third-order valence-electron chi connectivity index (χ3n) is 3.56. The van der Waals surface area contributed by atoms with Crippen LogP contribution < -0.4 is 0 Å². The minimum atomic E-state index is -1.71. The SMILES string of the molecule is CC(C)(C)OC(=O)OOC(=O)O.CCCCC(CC)COOC(=O)c1ccccc1. The highest BCUT2D eigenvalue weighted by atomic mass is 17.3. The van der Waals surface area contributed by atoms with E-state index in [9.17, 15) is 14.4 Å². The molecule has 0 bridgehead atoms. The lowest BCUT2D eigenvalue weighted by Crippen LogP contribution is -2.25. The zero-order valence-corrected chi connectivity index (χ0v) is 18.2. The first-order chi connectivity index (χ1) is 14.1. The molecule has 0 amide bonds. The van der Waals surface area contributed by atoms with Crippen molar-refractivity contribution in [1.29, 1.82) is 0 Å². The molecule has 1 rings (SSSR count). The fourth-order valence-electron chi connectivity index (χ4n) is 2.04. The molecule has 170 valence electrons. The summed E-state index contributed by atoms with van der Waals surface area (Å²) in [6, 6.07) is 8.87. The first kappa shape index (κ1) is 27.2. The van der Waals surface area contributed by atoms with Gasteiger partial charge in [0.15, 0.2) is 0 Å². The number of carbonyl (C=O) groups excluding carboxylic acids is 2. The third-order valence-corrected chi connectivity index (χ3v) is 3.56. The van der Waals surface area contributed by atoms with E-state index in [1.165, 1.54) is 12.8 Å². The van der Waals surface area contributed by atoms with E-state index in [1.807, 2.05) is 6.07 Å². The molecule has 9 heteroatoms. The van der Waals surface area contributed by atoms with E-state index in [1.54, 1.807) is 45.0 Å². The molecular weight excluding hydrogens is 396 g/mol. The van der Waals surface area contributed by atoms with Crippen LogP contribution >= 0.6 is 0 Å². The quantitative estimate of drug-likeness (QED) is 0.323. The Balaban J connectivity index is 0.000000612. The van der Waals surface area contributed by atoms with Crippen LogP contribution in [0.3, 0.4) is 0 Å². The number of hydrogen-bond acceptors (Lipinski definition) is 8. The molecule has 30 heavy (non-hydrogen) atoms. The Kier molecular flexibility index (Phi) is 13.7. The molecule has 0 heterocycles. The highest BCUT2D eigenvalue weighted by Gasteiger charge is 2.19. The van der Waals surface area contributed by atoms with E-state index in [-0.39, 0.29) is 0 Å². The Morgan fingerprint density at radius 3 is 2.13 bits per heavy atom. The Bertz CT molecular complexity index is 623. The largest absolute Gasteiger partial charge is 0.550 e. The molecule has 0 aromatic heterocycles. The molecule has 9 nitrogen and oxygen atoms in total. The number of benzene rings is 1. The van der Waals surface area contributed by atoms with Crippen LogP contribution in [0.15, 0.2) is 30.3 Å². The third kappa shape index (κ3) is 15.2. The highest BCUT2D eigenvalue weighted by molar-refractivity contribution is 5.88. The van der Waals surface area contributed by atoms with Gasteiger partial charge in [0.05, 0.1) is 12.2 Å². The topological polar surface area (TPSA) is 118 Å². The van der Waals surface area contributed by atoms with Crippen molar-refractivity contribution in [3.05, 3.63) is 35.9 Å². The van der Waals surface area contributed by atoms with Crippen molar-refractivity contribution >= 4 is 18.3 Å². The molecular formula is C21H32O9. The van der Waals surface area contributed by atoms with Crippen LogP contribution in [0, 0.1) is 5.92 Å². The second-order valence-corrected chi connectivity index (χ2v) is 7.33. The summed E-state index contributed by atoms with van der Waals surface area (Å²) in [4.78, 5) is 48.9. The minimum absolute atomic E-state index is 0.430. The van der Waals surface area contributed by atoms with Crippen LogP contribution in [0.25, 0.3) is 0 Å². The number of carboxylic acid groups (broad SMARTS) is 1. The molecule has 0 spiro atoms. The van der Waals surface area contributed by atoms with Crippen LogP contribution in [0.2, 0.25) is 0 Å². The van der Waals surface area contributed by atoms with Gasteiger partial charge in [-0.05, 0) is 45.2 Å². The number of hydrogen-bond donors (Lipinski definition) is 1. The fraction of sp³-hybridized carbons (Fsp3) is 0.571. The summed E-state index contributed by atoms with van der Waals surface area (Å²) in [5.74, 6) is 0.0365. The molecule has 0 saturated carbocycles. The maximum absolute atomic E-state index is 11.6. The zero-order valence-electron chi connectivity index (χ0n) is 18.2. The highest BCUT2D eigenvalue weighted by Crippen LogP contribution is 2.13. The van der Waals surface area contributed by atoms with Crippen molar-refractivity contribution in [2.24, 2.45) is 5.92 Å². The lowest BCUT2D eigenvalue weighted by molar-refractivity contribution is -0.249. The van der Waals surface area contributed by atoms with Gasteiger partial charge in [0.2, 0.25) is 0 Å². The van der Waals surface area contributed by atoms with Crippen LogP contribution in [-0.4, -0.2) is 35.6 Å². The van der Waals surface area contributed by atoms with Crippen molar-refractivity contribution in [2.45, 2.75) is 65.9 Å². The number of rotatable bonds is 8.